The lowest BCUT2D eigenvalue weighted by molar-refractivity contribution is 0.669. The first-order valence-electron chi connectivity index (χ1n) is 5.95. The Balaban J connectivity index is 1.84. The van der Waals surface area contributed by atoms with Crippen LogP contribution in [-0.2, 0) is 6.42 Å². The molecule has 1 heterocycles. The number of benzene rings is 1. The van der Waals surface area contributed by atoms with Gasteiger partial charge in [-0.05, 0) is 25.8 Å². The van der Waals surface area contributed by atoms with Crippen LogP contribution in [0.25, 0.3) is 11.3 Å². The molecule has 17 heavy (non-hydrogen) atoms. The largest absolute Gasteiger partial charge is 0.325 e. The van der Waals surface area contributed by atoms with Gasteiger partial charge >= 0.3 is 0 Å². The summed E-state index contributed by atoms with van der Waals surface area (Å²) in [6.07, 6.45) is 3.22. The molecule has 0 unspecified atom stereocenters. The third-order valence-electron chi connectivity index (χ3n) is 3.26. The van der Waals surface area contributed by atoms with Crippen molar-refractivity contribution < 1.29 is 0 Å². The van der Waals surface area contributed by atoms with Gasteiger partial charge in [0.2, 0.25) is 0 Å². The molecule has 1 aliphatic rings. The minimum Gasteiger partial charge on any atom is -0.325 e. The van der Waals surface area contributed by atoms with Crippen LogP contribution in [0.1, 0.15) is 23.4 Å². The quantitative estimate of drug-likeness (QED) is 0.900. The summed E-state index contributed by atoms with van der Waals surface area (Å²) < 4.78 is 0. The molecule has 0 spiro atoms. The Morgan fingerprint density at radius 3 is 2.94 bits per heavy atom. The first-order valence-corrected chi connectivity index (χ1v) is 6.83. The molecule has 0 aliphatic heterocycles. The van der Waals surface area contributed by atoms with Crippen molar-refractivity contribution in [3.63, 3.8) is 0 Å². The Hall–Kier alpha value is -1.19. The summed E-state index contributed by atoms with van der Waals surface area (Å²) in [4.78, 5) is 4.69. The standard InChI is InChI=1S/C14H16N2S/c1-10-3-2-4-11(7-10)12-9-17-13(16-12)8-14(15)5-6-14/h2-4,7,9H,5-6,8,15H2,1H3. The van der Waals surface area contributed by atoms with Gasteiger partial charge in [0, 0.05) is 22.9 Å². The van der Waals surface area contributed by atoms with E-state index in [1.165, 1.54) is 16.1 Å². The number of hydrogen-bond donors (Lipinski definition) is 1. The molecule has 0 atom stereocenters. The van der Waals surface area contributed by atoms with E-state index in [1.54, 1.807) is 11.3 Å². The highest BCUT2D eigenvalue weighted by Crippen LogP contribution is 2.36. The summed E-state index contributed by atoms with van der Waals surface area (Å²) in [5.74, 6) is 0. The molecule has 2 aromatic rings. The van der Waals surface area contributed by atoms with Crippen molar-refractivity contribution in [3.8, 4) is 11.3 Å². The van der Waals surface area contributed by atoms with Crippen LogP contribution in [0.3, 0.4) is 0 Å². The van der Waals surface area contributed by atoms with Gasteiger partial charge in [-0.25, -0.2) is 4.98 Å². The highest BCUT2D eigenvalue weighted by molar-refractivity contribution is 7.10. The molecule has 0 radical (unpaired) electrons. The lowest BCUT2D eigenvalue weighted by atomic mass is 10.1. The van der Waals surface area contributed by atoms with Gasteiger partial charge in [0.15, 0.2) is 0 Å². The van der Waals surface area contributed by atoms with E-state index in [0.717, 1.165) is 25.0 Å². The van der Waals surface area contributed by atoms with E-state index in [-0.39, 0.29) is 5.54 Å². The van der Waals surface area contributed by atoms with Crippen LogP contribution >= 0.6 is 11.3 Å². The van der Waals surface area contributed by atoms with Gasteiger partial charge in [0.05, 0.1) is 10.7 Å². The summed E-state index contributed by atoms with van der Waals surface area (Å²) >= 11 is 1.73. The number of rotatable bonds is 3. The molecule has 0 bridgehead atoms. The number of thiazole rings is 1. The third kappa shape index (κ3) is 2.40. The van der Waals surface area contributed by atoms with E-state index < -0.39 is 0 Å². The van der Waals surface area contributed by atoms with Gasteiger partial charge < -0.3 is 5.73 Å². The summed E-state index contributed by atoms with van der Waals surface area (Å²) in [5.41, 5.74) is 9.73. The second-order valence-corrected chi connectivity index (χ2v) is 5.98. The predicted molar refractivity (Wildman–Crippen MR) is 72.1 cm³/mol. The number of aryl methyl sites for hydroxylation is 1. The summed E-state index contributed by atoms with van der Waals surface area (Å²) in [5, 5.41) is 3.30. The zero-order chi connectivity index (χ0) is 11.9. The molecule has 1 saturated carbocycles. The monoisotopic (exact) mass is 244 g/mol. The minimum atomic E-state index is 0.0573. The summed E-state index contributed by atoms with van der Waals surface area (Å²) in [7, 11) is 0. The molecule has 0 saturated heterocycles. The maximum absolute atomic E-state index is 6.12. The highest BCUT2D eigenvalue weighted by atomic mass is 32.1. The van der Waals surface area contributed by atoms with Crippen molar-refractivity contribution in [1.29, 1.82) is 0 Å². The van der Waals surface area contributed by atoms with Gasteiger partial charge in [0.25, 0.3) is 0 Å². The molecule has 3 rings (SSSR count). The van der Waals surface area contributed by atoms with Crippen molar-refractivity contribution in [1.82, 2.24) is 4.98 Å². The van der Waals surface area contributed by atoms with Crippen LogP contribution in [0.15, 0.2) is 29.6 Å². The molecule has 0 amide bonds. The van der Waals surface area contributed by atoms with Crippen LogP contribution in [0, 0.1) is 6.92 Å². The maximum atomic E-state index is 6.12. The van der Waals surface area contributed by atoms with Gasteiger partial charge in [-0.15, -0.1) is 11.3 Å². The molecule has 1 aromatic carbocycles. The average molecular weight is 244 g/mol. The SMILES string of the molecule is Cc1cccc(-c2csc(CC3(N)CC3)n2)c1. The predicted octanol–water partition coefficient (Wildman–Crippen LogP) is 3.15. The van der Waals surface area contributed by atoms with Crippen LogP contribution in [-0.4, -0.2) is 10.5 Å². The lowest BCUT2D eigenvalue weighted by Crippen LogP contribution is -2.24. The van der Waals surface area contributed by atoms with E-state index in [2.05, 4.69) is 41.6 Å². The molecular formula is C14H16N2S. The maximum Gasteiger partial charge on any atom is 0.0950 e. The molecule has 3 heteroatoms. The van der Waals surface area contributed by atoms with Crippen molar-refractivity contribution in [2.45, 2.75) is 31.7 Å². The zero-order valence-corrected chi connectivity index (χ0v) is 10.8. The molecule has 88 valence electrons. The molecule has 1 fully saturated rings. The topological polar surface area (TPSA) is 38.9 Å². The zero-order valence-electron chi connectivity index (χ0n) is 9.94. The smallest absolute Gasteiger partial charge is 0.0950 e. The highest BCUT2D eigenvalue weighted by Gasteiger charge is 2.38. The van der Waals surface area contributed by atoms with Gasteiger partial charge in [-0.1, -0.05) is 23.8 Å². The summed E-state index contributed by atoms with van der Waals surface area (Å²) in [6.45, 7) is 2.11. The molecule has 2 N–H and O–H groups in total. The molecular weight excluding hydrogens is 228 g/mol. The second-order valence-electron chi connectivity index (χ2n) is 5.04. The molecule has 1 aliphatic carbocycles. The van der Waals surface area contributed by atoms with Crippen molar-refractivity contribution >= 4 is 11.3 Å². The first-order chi connectivity index (χ1) is 8.15. The van der Waals surface area contributed by atoms with Gasteiger partial charge in [-0.3, -0.25) is 0 Å². The Morgan fingerprint density at radius 2 is 2.24 bits per heavy atom. The van der Waals surface area contributed by atoms with Crippen molar-refractivity contribution in [2.24, 2.45) is 5.73 Å². The lowest BCUT2D eigenvalue weighted by Gasteiger charge is -2.03. The number of nitrogens with zero attached hydrogens (tertiary/aromatic N) is 1. The fraction of sp³-hybridized carbons (Fsp3) is 0.357. The molecule has 2 nitrogen and oxygen atoms in total. The fourth-order valence-electron chi connectivity index (χ4n) is 1.97. The van der Waals surface area contributed by atoms with E-state index in [0.29, 0.717) is 0 Å². The Morgan fingerprint density at radius 1 is 1.41 bits per heavy atom. The van der Waals surface area contributed by atoms with Crippen molar-refractivity contribution in [3.05, 3.63) is 40.2 Å². The van der Waals surface area contributed by atoms with Crippen LogP contribution < -0.4 is 5.73 Å². The number of nitrogens with two attached hydrogens (primary N) is 1. The van der Waals surface area contributed by atoms with Gasteiger partial charge in [0.1, 0.15) is 0 Å². The van der Waals surface area contributed by atoms with Crippen molar-refractivity contribution in [2.75, 3.05) is 0 Å². The molecule has 1 aromatic heterocycles. The minimum absolute atomic E-state index is 0.0573. The van der Waals surface area contributed by atoms with Gasteiger partial charge in [-0.2, -0.15) is 0 Å². The Bertz CT molecular complexity index is 541. The third-order valence-corrected chi connectivity index (χ3v) is 4.11. The normalized spacial score (nSPS) is 17.1. The van der Waals surface area contributed by atoms with E-state index in [9.17, 15) is 0 Å². The second kappa shape index (κ2) is 3.93. The Kier molecular flexibility index (Phi) is 2.53. The number of hydrogen-bond acceptors (Lipinski definition) is 3. The fourth-order valence-corrected chi connectivity index (χ4v) is 2.93. The number of aromatic nitrogens is 1. The van der Waals surface area contributed by atoms with E-state index in [4.69, 9.17) is 5.73 Å². The summed E-state index contributed by atoms with van der Waals surface area (Å²) in [6, 6.07) is 8.47. The van der Waals surface area contributed by atoms with E-state index in [1.807, 2.05) is 0 Å². The van der Waals surface area contributed by atoms with Crippen LogP contribution in [0.5, 0.6) is 0 Å². The Labute approximate surface area is 106 Å². The van der Waals surface area contributed by atoms with Crippen LogP contribution in [0.2, 0.25) is 0 Å². The van der Waals surface area contributed by atoms with Crippen LogP contribution in [0.4, 0.5) is 0 Å². The van der Waals surface area contributed by atoms with E-state index >= 15 is 0 Å². The first kappa shape index (κ1) is 10.9. The average Bonchev–Trinajstić information content (AvgIpc) is 2.85.